The van der Waals surface area contributed by atoms with Crippen molar-refractivity contribution in [3.8, 4) is 0 Å². The molecule has 0 amide bonds. The lowest BCUT2D eigenvalue weighted by Crippen LogP contribution is -2.49. The third-order valence-corrected chi connectivity index (χ3v) is 10.5. The highest BCUT2D eigenvalue weighted by atomic mass is 16.3. The largest absolute Gasteiger partial charge is 0.393 e. The summed E-state index contributed by atoms with van der Waals surface area (Å²) in [6.45, 7) is 14.7. The van der Waals surface area contributed by atoms with Crippen LogP contribution in [0.15, 0.2) is 23.8 Å². The van der Waals surface area contributed by atoms with Gasteiger partial charge in [-0.3, -0.25) is 0 Å². The van der Waals surface area contributed by atoms with E-state index in [1.54, 1.807) is 0 Å². The molecule has 4 aliphatic rings. The predicted molar refractivity (Wildman–Crippen MR) is 124 cm³/mol. The van der Waals surface area contributed by atoms with Crippen LogP contribution in [0.5, 0.6) is 0 Å². The Bertz CT molecular complexity index is 659. The van der Waals surface area contributed by atoms with Gasteiger partial charge >= 0.3 is 0 Å². The average Bonchev–Trinajstić information content (AvgIpc) is 3.03. The van der Waals surface area contributed by atoms with Crippen LogP contribution in [0.4, 0.5) is 0 Å². The van der Waals surface area contributed by atoms with Gasteiger partial charge in [-0.05, 0) is 104 Å². The smallest absolute Gasteiger partial charge is 0.0543 e. The van der Waals surface area contributed by atoms with Gasteiger partial charge in [-0.1, -0.05) is 65.3 Å². The fourth-order valence-corrected chi connectivity index (χ4v) is 8.10. The molecule has 0 heterocycles. The summed E-state index contributed by atoms with van der Waals surface area (Å²) >= 11 is 0. The Kier molecular flexibility index (Phi) is 5.86. The molecule has 9 atom stereocenters. The zero-order valence-electron chi connectivity index (χ0n) is 20.0. The molecule has 3 saturated carbocycles. The molecule has 0 aromatic heterocycles. The molecule has 0 radical (unpaired) electrons. The normalized spacial score (nSPS) is 46.8. The van der Waals surface area contributed by atoms with Crippen LogP contribution in [-0.2, 0) is 0 Å². The first-order chi connectivity index (χ1) is 13.7. The number of aliphatic hydroxyl groups is 1. The minimum atomic E-state index is -0.0476. The molecule has 29 heavy (non-hydrogen) atoms. The predicted octanol–water partition coefficient (Wildman–Crippen LogP) is 7.41. The van der Waals surface area contributed by atoms with Crippen molar-refractivity contribution >= 4 is 0 Å². The fourth-order valence-electron chi connectivity index (χ4n) is 8.10. The van der Waals surface area contributed by atoms with Gasteiger partial charge in [0.15, 0.2) is 0 Å². The molecule has 3 fully saturated rings. The molecule has 0 saturated heterocycles. The van der Waals surface area contributed by atoms with Crippen molar-refractivity contribution in [3.05, 3.63) is 23.8 Å². The summed E-state index contributed by atoms with van der Waals surface area (Å²) < 4.78 is 0. The van der Waals surface area contributed by atoms with E-state index in [2.05, 4.69) is 59.8 Å². The minimum absolute atomic E-state index is 0.0476. The highest BCUT2D eigenvalue weighted by molar-refractivity contribution is 5.28. The maximum atomic E-state index is 10.2. The second-order valence-corrected chi connectivity index (χ2v) is 12.3. The van der Waals surface area contributed by atoms with Crippen molar-refractivity contribution < 1.29 is 5.11 Å². The SMILES string of the molecule is CC(C)[C@@H](C)/C=C/[C@@H](C)[C@H]1CC[C@H]2C3=CCC4C[C@H](O)CC[C@]4(C)[C@H]3CC[C@]12C. The van der Waals surface area contributed by atoms with Crippen molar-refractivity contribution in [3.63, 3.8) is 0 Å². The Morgan fingerprint density at radius 3 is 2.34 bits per heavy atom. The van der Waals surface area contributed by atoms with E-state index in [-0.39, 0.29) is 6.10 Å². The van der Waals surface area contributed by atoms with E-state index in [1.165, 1.54) is 38.5 Å². The summed E-state index contributed by atoms with van der Waals surface area (Å²) in [5.74, 6) is 5.25. The Morgan fingerprint density at radius 2 is 1.62 bits per heavy atom. The van der Waals surface area contributed by atoms with Crippen LogP contribution in [0.25, 0.3) is 0 Å². The number of aliphatic hydroxyl groups excluding tert-OH is 1. The van der Waals surface area contributed by atoms with Crippen LogP contribution in [0, 0.1) is 52.3 Å². The third kappa shape index (κ3) is 3.58. The standard InChI is InChI=1S/C28H46O/c1-18(2)19(3)7-8-20(4)24-11-12-25-23-10-9-21-17-22(29)13-15-27(21,5)26(23)14-16-28(24,25)6/h7-8,10,18-22,24-26,29H,9,11-17H2,1-6H3/b8-7+/t19-,20+,21?,22+,24+,25-,26-,27-,28+/m0/s1. The molecule has 0 spiro atoms. The molecule has 0 bridgehead atoms. The molecular formula is C28H46O. The summed E-state index contributed by atoms with van der Waals surface area (Å²) in [6.07, 6.45) is 17.8. The number of allylic oxidation sites excluding steroid dienone is 4. The summed E-state index contributed by atoms with van der Waals surface area (Å²) in [6, 6.07) is 0. The van der Waals surface area contributed by atoms with Gasteiger partial charge in [0, 0.05) is 0 Å². The molecule has 4 rings (SSSR count). The van der Waals surface area contributed by atoms with Gasteiger partial charge in [-0.25, -0.2) is 0 Å². The number of hydrogen-bond donors (Lipinski definition) is 1. The molecule has 1 heteroatoms. The van der Waals surface area contributed by atoms with E-state index >= 15 is 0 Å². The van der Waals surface area contributed by atoms with Gasteiger partial charge in [-0.15, -0.1) is 0 Å². The van der Waals surface area contributed by atoms with Crippen molar-refractivity contribution in [1.82, 2.24) is 0 Å². The van der Waals surface area contributed by atoms with E-state index < -0.39 is 0 Å². The molecule has 4 aliphatic carbocycles. The van der Waals surface area contributed by atoms with Crippen molar-refractivity contribution in [2.45, 2.75) is 99.0 Å². The molecule has 1 nitrogen and oxygen atoms in total. The van der Waals surface area contributed by atoms with E-state index in [0.29, 0.717) is 28.6 Å². The fraction of sp³-hybridized carbons (Fsp3) is 0.857. The molecular weight excluding hydrogens is 352 g/mol. The lowest BCUT2D eigenvalue weighted by molar-refractivity contribution is -0.0414. The molecule has 164 valence electrons. The van der Waals surface area contributed by atoms with Crippen LogP contribution in [0.2, 0.25) is 0 Å². The number of rotatable bonds is 4. The Hall–Kier alpha value is -0.560. The van der Waals surface area contributed by atoms with Crippen molar-refractivity contribution in [2.75, 3.05) is 0 Å². The third-order valence-electron chi connectivity index (χ3n) is 10.5. The molecule has 0 aromatic carbocycles. The first-order valence-electron chi connectivity index (χ1n) is 12.7. The van der Waals surface area contributed by atoms with Crippen LogP contribution >= 0.6 is 0 Å². The zero-order chi connectivity index (χ0) is 21.0. The lowest BCUT2D eigenvalue weighted by atomic mass is 9.47. The van der Waals surface area contributed by atoms with Crippen LogP contribution in [0.3, 0.4) is 0 Å². The van der Waals surface area contributed by atoms with Gasteiger partial charge < -0.3 is 5.11 Å². The minimum Gasteiger partial charge on any atom is -0.393 e. The maximum absolute atomic E-state index is 10.2. The highest BCUT2D eigenvalue weighted by Gasteiger charge is 2.57. The van der Waals surface area contributed by atoms with Gasteiger partial charge in [0.25, 0.3) is 0 Å². The zero-order valence-corrected chi connectivity index (χ0v) is 20.0. The molecule has 1 unspecified atom stereocenters. The quantitative estimate of drug-likeness (QED) is 0.489. The Balaban J connectivity index is 1.54. The summed E-state index contributed by atoms with van der Waals surface area (Å²) in [4.78, 5) is 0. The van der Waals surface area contributed by atoms with E-state index in [9.17, 15) is 5.11 Å². The average molecular weight is 399 g/mol. The Morgan fingerprint density at radius 1 is 0.931 bits per heavy atom. The topological polar surface area (TPSA) is 20.2 Å². The summed E-state index contributed by atoms with van der Waals surface area (Å²) in [5.41, 5.74) is 2.79. The Labute approximate surface area is 180 Å². The monoisotopic (exact) mass is 398 g/mol. The molecule has 0 aromatic rings. The van der Waals surface area contributed by atoms with Crippen molar-refractivity contribution in [2.24, 2.45) is 52.3 Å². The molecule has 0 aliphatic heterocycles. The van der Waals surface area contributed by atoms with Gasteiger partial charge in [-0.2, -0.15) is 0 Å². The maximum Gasteiger partial charge on any atom is 0.0543 e. The number of fused-ring (bicyclic) bond motifs is 5. The summed E-state index contributed by atoms with van der Waals surface area (Å²) in [7, 11) is 0. The first kappa shape index (κ1) is 21.7. The first-order valence-corrected chi connectivity index (χ1v) is 12.7. The van der Waals surface area contributed by atoms with E-state index in [0.717, 1.165) is 36.5 Å². The van der Waals surface area contributed by atoms with E-state index in [4.69, 9.17) is 0 Å². The van der Waals surface area contributed by atoms with E-state index in [1.807, 2.05) is 5.57 Å². The highest BCUT2D eigenvalue weighted by Crippen LogP contribution is 2.66. The van der Waals surface area contributed by atoms with Crippen LogP contribution in [0.1, 0.15) is 92.9 Å². The van der Waals surface area contributed by atoms with Gasteiger partial charge in [0.1, 0.15) is 0 Å². The second-order valence-electron chi connectivity index (χ2n) is 12.3. The summed E-state index contributed by atoms with van der Waals surface area (Å²) in [5, 5.41) is 10.2. The second kappa shape index (κ2) is 7.85. The van der Waals surface area contributed by atoms with Crippen LogP contribution < -0.4 is 0 Å². The molecule has 1 N–H and O–H groups in total. The van der Waals surface area contributed by atoms with Gasteiger partial charge in [0.2, 0.25) is 0 Å². The van der Waals surface area contributed by atoms with Crippen LogP contribution in [-0.4, -0.2) is 11.2 Å². The van der Waals surface area contributed by atoms with Crippen molar-refractivity contribution in [1.29, 1.82) is 0 Å². The lowest BCUT2D eigenvalue weighted by Gasteiger charge is -2.57. The van der Waals surface area contributed by atoms with Gasteiger partial charge in [0.05, 0.1) is 6.10 Å². The number of hydrogen-bond acceptors (Lipinski definition) is 1.